The summed E-state index contributed by atoms with van der Waals surface area (Å²) in [6.45, 7) is 9.65. The van der Waals surface area contributed by atoms with Crippen molar-refractivity contribution in [2.75, 3.05) is 6.54 Å². The third kappa shape index (κ3) is 4.33. The van der Waals surface area contributed by atoms with Gasteiger partial charge < -0.3 is 5.32 Å². The molecule has 0 aliphatic carbocycles. The first-order valence-corrected chi connectivity index (χ1v) is 7.27. The van der Waals surface area contributed by atoms with E-state index >= 15 is 0 Å². The van der Waals surface area contributed by atoms with E-state index in [4.69, 9.17) is 0 Å². The van der Waals surface area contributed by atoms with Crippen molar-refractivity contribution in [1.29, 1.82) is 0 Å². The molecule has 0 saturated heterocycles. The van der Waals surface area contributed by atoms with E-state index < -0.39 is 0 Å². The van der Waals surface area contributed by atoms with Crippen molar-refractivity contribution in [2.24, 2.45) is 5.92 Å². The van der Waals surface area contributed by atoms with Crippen LogP contribution in [0.15, 0.2) is 24.3 Å². The minimum Gasteiger partial charge on any atom is -0.311 e. The Kier molecular flexibility index (Phi) is 5.02. The predicted octanol–water partition coefficient (Wildman–Crippen LogP) is 3.65. The quantitative estimate of drug-likeness (QED) is 0.912. The summed E-state index contributed by atoms with van der Waals surface area (Å²) in [7, 11) is 0. The van der Waals surface area contributed by atoms with Crippen molar-refractivity contribution < 1.29 is 4.39 Å². The number of rotatable bonds is 5. The molecule has 0 bridgehead atoms. The highest BCUT2D eigenvalue weighted by Gasteiger charge is 2.07. The average molecular weight is 287 g/mol. The van der Waals surface area contributed by atoms with E-state index in [1.807, 2.05) is 19.1 Å². The van der Waals surface area contributed by atoms with Crippen LogP contribution in [0.3, 0.4) is 0 Å². The van der Waals surface area contributed by atoms with Crippen LogP contribution in [-0.4, -0.2) is 16.5 Å². The van der Waals surface area contributed by atoms with Crippen LogP contribution in [0.1, 0.15) is 30.8 Å². The van der Waals surface area contributed by atoms with Gasteiger partial charge in [-0.05, 0) is 44.0 Å². The fraction of sp³-hybridized carbons (Fsp3) is 0.412. The fourth-order valence-electron chi connectivity index (χ4n) is 2.07. The molecule has 4 heteroatoms. The fourth-order valence-corrected chi connectivity index (χ4v) is 2.07. The minimum absolute atomic E-state index is 0.225. The number of halogens is 1. The second-order valence-corrected chi connectivity index (χ2v) is 5.81. The molecule has 2 rings (SSSR count). The zero-order valence-electron chi connectivity index (χ0n) is 13.1. The number of benzene rings is 1. The molecular weight excluding hydrogens is 265 g/mol. The highest BCUT2D eigenvalue weighted by Crippen LogP contribution is 2.19. The Balaban J connectivity index is 2.23. The predicted molar refractivity (Wildman–Crippen MR) is 83.4 cm³/mol. The highest BCUT2D eigenvalue weighted by atomic mass is 19.1. The summed E-state index contributed by atoms with van der Waals surface area (Å²) >= 11 is 0. The third-order valence-electron chi connectivity index (χ3n) is 3.20. The summed E-state index contributed by atoms with van der Waals surface area (Å²) in [5.41, 5.74) is 3.17. The van der Waals surface area contributed by atoms with Crippen LogP contribution in [0.2, 0.25) is 0 Å². The SMILES string of the molecule is Cc1cc(CNCC(C)C)nc(-c2ccc(C)c(F)c2)n1. The lowest BCUT2D eigenvalue weighted by atomic mass is 10.1. The van der Waals surface area contributed by atoms with E-state index in [9.17, 15) is 4.39 Å². The topological polar surface area (TPSA) is 37.8 Å². The molecule has 0 unspecified atom stereocenters. The lowest BCUT2D eigenvalue weighted by Gasteiger charge is -2.09. The van der Waals surface area contributed by atoms with Crippen LogP contribution in [0, 0.1) is 25.6 Å². The highest BCUT2D eigenvalue weighted by molar-refractivity contribution is 5.56. The number of nitrogens with one attached hydrogen (secondary N) is 1. The van der Waals surface area contributed by atoms with Gasteiger partial charge in [-0.2, -0.15) is 0 Å². The monoisotopic (exact) mass is 287 g/mol. The van der Waals surface area contributed by atoms with Crippen LogP contribution in [0.4, 0.5) is 4.39 Å². The van der Waals surface area contributed by atoms with Gasteiger partial charge in [0.15, 0.2) is 5.82 Å². The minimum atomic E-state index is -0.225. The van der Waals surface area contributed by atoms with Crippen LogP contribution >= 0.6 is 0 Å². The third-order valence-corrected chi connectivity index (χ3v) is 3.20. The number of aryl methyl sites for hydroxylation is 2. The molecule has 0 spiro atoms. The smallest absolute Gasteiger partial charge is 0.159 e. The first-order valence-electron chi connectivity index (χ1n) is 7.27. The molecule has 21 heavy (non-hydrogen) atoms. The Morgan fingerprint density at radius 1 is 1.14 bits per heavy atom. The van der Waals surface area contributed by atoms with Gasteiger partial charge in [0.2, 0.25) is 0 Å². The van der Waals surface area contributed by atoms with Gasteiger partial charge in [-0.1, -0.05) is 26.0 Å². The molecule has 0 fully saturated rings. The van der Waals surface area contributed by atoms with Crippen molar-refractivity contribution in [1.82, 2.24) is 15.3 Å². The van der Waals surface area contributed by atoms with Gasteiger partial charge in [-0.15, -0.1) is 0 Å². The standard InChI is InChI=1S/C17H22FN3/c1-11(2)9-19-10-15-7-13(4)20-17(21-15)14-6-5-12(3)16(18)8-14/h5-8,11,19H,9-10H2,1-4H3. The molecule has 1 heterocycles. The van der Waals surface area contributed by atoms with E-state index in [2.05, 4.69) is 29.1 Å². The van der Waals surface area contributed by atoms with Gasteiger partial charge in [0.05, 0.1) is 5.69 Å². The van der Waals surface area contributed by atoms with Crippen LogP contribution in [0.5, 0.6) is 0 Å². The van der Waals surface area contributed by atoms with Crippen LogP contribution in [-0.2, 0) is 6.54 Å². The second kappa shape index (κ2) is 6.76. The van der Waals surface area contributed by atoms with E-state index in [1.165, 1.54) is 6.07 Å². The molecule has 0 saturated carbocycles. The Morgan fingerprint density at radius 3 is 2.57 bits per heavy atom. The van der Waals surface area contributed by atoms with Gasteiger partial charge in [0.25, 0.3) is 0 Å². The van der Waals surface area contributed by atoms with E-state index in [0.29, 0.717) is 29.4 Å². The lowest BCUT2D eigenvalue weighted by Crippen LogP contribution is -2.20. The van der Waals surface area contributed by atoms with E-state index in [1.54, 1.807) is 13.0 Å². The van der Waals surface area contributed by atoms with Crippen molar-refractivity contribution in [3.8, 4) is 11.4 Å². The molecule has 0 aliphatic heterocycles. The van der Waals surface area contributed by atoms with E-state index in [-0.39, 0.29) is 5.82 Å². The number of hydrogen-bond acceptors (Lipinski definition) is 3. The lowest BCUT2D eigenvalue weighted by molar-refractivity contribution is 0.548. The molecule has 0 aliphatic rings. The first-order chi connectivity index (χ1) is 9.95. The molecule has 0 radical (unpaired) electrons. The maximum absolute atomic E-state index is 13.7. The summed E-state index contributed by atoms with van der Waals surface area (Å²) < 4.78 is 13.7. The molecule has 0 atom stereocenters. The first kappa shape index (κ1) is 15.6. The summed E-state index contributed by atoms with van der Waals surface area (Å²) in [5.74, 6) is 0.950. The summed E-state index contributed by atoms with van der Waals surface area (Å²) in [6.07, 6.45) is 0. The number of nitrogens with zero attached hydrogens (tertiary/aromatic N) is 2. The maximum atomic E-state index is 13.7. The average Bonchev–Trinajstić information content (AvgIpc) is 2.41. The van der Waals surface area contributed by atoms with Gasteiger partial charge in [-0.3, -0.25) is 0 Å². The Morgan fingerprint density at radius 2 is 1.90 bits per heavy atom. The Hall–Kier alpha value is -1.81. The molecule has 3 nitrogen and oxygen atoms in total. The zero-order chi connectivity index (χ0) is 15.4. The van der Waals surface area contributed by atoms with Crippen LogP contribution < -0.4 is 5.32 Å². The largest absolute Gasteiger partial charge is 0.311 e. The molecule has 1 aromatic carbocycles. The van der Waals surface area contributed by atoms with Gasteiger partial charge >= 0.3 is 0 Å². The second-order valence-electron chi connectivity index (χ2n) is 5.81. The zero-order valence-corrected chi connectivity index (χ0v) is 13.1. The van der Waals surface area contributed by atoms with Gasteiger partial charge in [0.1, 0.15) is 5.82 Å². The molecule has 112 valence electrons. The molecule has 0 amide bonds. The van der Waals surface area contributed by atoms with Crippen molar-refractivity contribution in [3.05, 3.63) is 47.0 Å². The normalized spacial score (nSPS) is 11.1. The molecular formula is C17H22FN3. The van der Waals surface area contributed by atoms with Gasteiger partial charge in [-0.25, -0.2) is 14.4 Å². The number of aromatic nitrogens is 2. The van der Waals surface area contributed by atoms with Crippen molar-refractivity contribution >= 4 is 0 Å². The summed E-state index contributed by atoms with van der Waals surface area (Å²) in [4.78, 5) is 8.94. The Labute approximate surface area is 125 Å². The molecule has 1 aromatic heterocycles. The number of hydrogen-bond donors (Lipinski definition) is 1. The summed E-state index contributed by atoms with van der Waals surface area (Å²) in [5, 5.41) is 3.36. The maximum Gasteiger partial charge on any atom is 0.159 e. The van der Waals surface area contributed by atoms with Gasteiger partial charge in [0, 0.05) is 17.8 Å². The summed E-state index contributed by atoms with van der Waals surface area (Å²) in [6, 6.07) is 7.07. The van der Waals surface area contributed by atoms with Crippen molar-refractivity contribution in [3.63, 3.8) is 0 Å². The Bertz CT molecular complexity index is 623. The molecule has 2 aromatic rings. The van der Waals surface area contributed by atoms with Crippen LogP contribution in [0.25, 0.3) is 11.4 Å². The molecule has 1 N–H and O–H groups in total. The van der Waals surface area contributed by atoms with E-state index in [0.717, 1.165) is 17.9 Å². The van der Waals surface area contributed by atoms with Crippen molar-refractivity contribution in [2.45, 2.75) is 34.2 Å².